The number of carbonyl (C=O) groups is 1. The summed E-state index contributed by atoms with van der Waals surface area (Å²) in [5.41, 5.74) is 4.85. The van der Waals surface area contributed by atoms with Gasteiger partial charge in [0.15, 0.2) is 0 Å². The number of aryl methyl sites for hydroxylation is 3. The van der Waals surface area contributed by atoms with Crippen LogP contribution in [0.5, 0.6) is 0 Å². The molecule has 2 aromatic rings. The summed E-state index contributed by atoms with van der Waals surface area (Å²) in [5.74, 6) is 0.214. The van der Waals surface area contributed by atoms with Gasteiger partial charge in [0.1, 0.15) is 6.04 Å². The van der Waals surface area contributed by atoms with Crippen LogP contribution in [-0.4, -0.2) is 33.2 Å². The second-order valence-corrected chi connectivity index (χ2v) is 10.2. The summed E-state index contributed by atoms with van der Waals surface area (Å²) in [7, 11) is -3.61. The Morgan fingerprint density at radius 1 is 1.03 bits per heavy atom. The van der Waals surface area contributed by atoms with E-state index in [-0.39, 0.29) is 5.91 Å². The zero-order chi connectivity index (χ0) is 22.5. The molecule has 0 heterocycles. The fraction of sp³-hybridized carbons (Fsp3) is 0.458. The highest BCUT2D eigenvalue weighted by molar-refractivity contribution is 7.92. The van der Waals surface area contributed by atoms with E-state index in [0.717, 1.165) is 30.2 Å². The zero-order valence-electron chi connectivity index (χ0n) is 18.9. The number of sulfonamides is 1. The molecule has 5 nitrogen and oxygen atoms in total. The van der Waals surface area contributed by atoms with E-state index in [1.807, 2.05) is 26.0 Å². The number of benzene rings is 2. The van der Waals surface area contributed by atoms with Crippen LogP contribution in [0.15, 0.2) is 42.5 Å². The first-order valence-electron chi connectivity index (χ1n) is 10.4. The number of hydrogen-bond acceptors (Lipinski definition) is 3. The molecular formula is C24H34N2O3S. The number of rotatable bonds is 9. The van der Waals surface area contributed by atoms with Crippen molar-refractivity contribution in [3.05, 3.63) is 64.7 Å². The van der Waals surface area contributed by atoms with Crippen molar-refractivity contribution in [1.29, 1.82) is 0 Å². The summed E-state index contributed by atoms with van der Waals surface area (Å²) < 4.78 is 26.2. The highest BCUT2D eigenvalue weighted by Gasteiger charge is 2.30. The average molecular weight is 431 g/mol. The highest BCUT2D eigenvalue weighted by atomic mass is 32.2. The van der Waals surface area contributed by atoms with Crippen LogP contribution in [-0.2, 0) is 21.2 Å². The number of nitrogens with zero attached hydrogens (tertiary/aromatic N) is 1. The van der Waals surface area contributed by atoms with Crippen LogP contribution in [0.3, 0.4) is 0 Å². The van der Waals surface area contributed by atoms with Crippen LogP contribution in [0.25, 0.3) is 0 Å². The lowest BCUT2D eigenvalue weighted by atomic mass is 10.0. The third kappa shape index (κ3) is 6.33. The molecule has 0 bridgehead atoms. The average Bonchev–Trinajstić information content (AvgIpc) is 2.67. The minimum absolute atomic E-state index is 0.295. The van der Waals surface area contributed by atoms with E-state index >= 15 is 0 Å². The lowest BCUT2D eigenvalue weighted by Crippen LogP contribution is -2.48. The zero-order valence-corrected chi connectivity index (χ0v) is 19.7. The largest absolute Gasteiger partial charge is 0.354 e. The monoisotopic (exact) mass is 430 g/mol. The van der Waals surface area contributed by atoms with Crippen LogP contribution in [0.2, 0.25) is 0 Å². The molecular weight excluding hydrogens is 396 g/mol. The summed E-state index contributed by atoms with van der Waals surface area (Å²) in [6.45, 7) is 10.2. The van der Waals surface area contributed by atoms with E-state index < -0.39 is 16.1 Å². The van der Waals surface area contributed by atoms with Gasteiger partial charge in [0, 0.05) is 6.54 Å². The maximum atomic E-state index is 12.7. The van der Waals surface area contributed by atoms with Crippen molar-refractivity contribution in [2.45, 2.75) is 59.4 Å². The number of amides is 1. The van der Waals surface area contributed by atoms with Crippen molar-refractivity contribution >= 4 is 21.6 Å². The predicted octanol–water partition coefficient (Wildman–Crippen LogP) is 4.33. The van der Waals surface area contributed by atoms with Crippen LogP contribution >= 0.6 is 0 Å². The summed E-state index contributed by atoms with van der Waals surface area (Å²) in [5, 5.41) is 2.89. The van der Waals surface area contributed by atoms with E-state index in [2.05, 4.69) is 43.4 Å². The van der Waals surface area contributed by atoms with E-state index in [1.165, 1.54) is 15.4 Å². The molecule has 30 heavy (non-hydrogen) atoms. The molecule has 1 atom stereocenters. The second kappa shape index (κ2) is 10.1. The lowest BCUT2D eigenvalue weighted by molar-refractivity contribution is -0.121. The smallest absolute Gasteiger partial charge is 0.243 e. The Kier molecular flexibility index (Phi) is 8.07. The summed E-state index contributed by atoms with van der Waals surface area (Å²) >= 11 is 0. The minimum Gasteiger partial charge on any atom is -0.354 e. The van der Waals surface area contributed by atoms with Crippen molar-refractivity contribution in [3.8, 4) is 0 Å². The number of hydrogen-bond donors (Lipinski definition) is 1. The lowest BCUT2D eigenvalue weighted by Gasteiger charge is -2.29. The van der Waals surface area contributed by atoms with Gasteiger partial charge in [-0.25, -0.2) is 8.42 Å². The standard InChI is InChI=1S/C24H34N2O3S/c1-17(2)22-13-11-21(12-14-22)8-7-15-25-24(27)20(5)26(30(6,28)29)23-16-18(3)9-10-19(23)4/h9-14,16-17,20H,7-8,15H2,1-6H3,(H,25,27). The van der Waals surface area contributed by atoms with E-state index in [0.29, 0.717) is 18.2 Å². The molecule has 0 radical (unpaired) electrons. The first kappa shape index (κ1) is 23.9. The Hall–Kier alpha value is -2.34. The van der Waals surface area contributed by atoms with Gasteiger partial charge in [-0.3, -0.25) is 9.10 Å². The van der Waals surface area contributed by atoms with Gasteiger partial charge in [-0.05, 0) is 67.9 Å². The Bertz CT molecular complexity index is 966. The van der Waals surface area contributed by atoms with Gasteiger partial charge >= 0.3 is 0 Å². The van der Waals surface area contributed by atoms with Gasteiger partial charge in [0.25, 0.3) is 0 Å². The fourth-order valence-corrected chi connectivity index (χ4v) is 4.68. The van der Waals surface area contributed by atoms with Gasteiger partial charge in [0.2, 0.25) is 15.9 Å². The number of carbonyl (C=O) groups excluding carboxylic acids is 1. The molecule has 0 saturated heterocycles. The van der Waals surface area contributed by atoms with Crippen LogP contribution in [0.4, 0.5) is 5.69 Å². The van der Waals surface area contributed by atoms with Crippen molar-refractivity contribution in [2.24, 2.45) is 0 Å². The third-order valence-corrected chi connectivity index (χ3v) is 6.51. The SMILES string of the molecule is Cc1ccc(C)c(N(C(C)C(=O)NCCCc2ccc(C(C)C)cc2)S(C)(=O)=O)c1. The second-order valence-electron chi connectivity index (χ2n) is 8.32. The molecule has 0 aliphatic heterocycles. The van der Waals surface area contributed by atoms with Gasteiger partial charge in [0.05, 0.1) is 11.9 Å². The molecule has 6 heteroatoms. The van der Waals surface area contributed by atoms with Crippen molar-refractivity contribution in [3.63, 3.8) is 0 Å². The van der Waals surface area contributed by atoms with Gasteiger partial charge < -0.3 is 5.32 Å². The van der Waals surface area contributed by atoms with Gasteiger partial charge in [-0.15, -0.1) is 0 Å². The third-order valence-electron chi connectivity index (χ3n) is 5.28. The van der Waals surface area contributed by atoms with E-state index in [4.69, 9.17) is 0 Å². The van der Waals surface area contributed by atoms with Crippen LogP contribution in [0.1, 0.15) is 55.4 Å². The fourth-order valence-electron chi connectivity index (χ4n) is 3.46. The minimum atomic E-state index is -3.61. The maximum absolute atomic E-state index is 12.7. The maximum Gasteiger partial charge on any atom is 0.243 e. The van der Waals surface area contributed by atoms with Crippen molar-refractivity contribution in [2.75, 3.05) is 17.1 Å². The van der Waals surface area contributed by atoms with Crippen LogP contribution in [0, 0.1) is 13.8 Å². The Morgan fingerprint density at radius 3 is 2.23 bits per heavy atom. The Labute approximate surface area is 181 Å². The molecule has 164 valence electrons. The Balaban J connectivity index is 1.99. The first-order chi connectivity index (χ1) is 14.0. The molecule has 2 rings (SSSR count). The molecule has 0 saturated carbocycles. The molecule has 0 aliphatic carbocycles. The number of anilines is 1. The van der Waals surface area contributed by atoms with Gasteiger partial charge in [-0.2, -0.15) is 0 Å². The Morgan fingerprint density at radius 2 is 1.67 bits per heavy atom. The summed E-state index contributed by atoms with van der Waals surface area (Å²) in [6, 6.07) is 13.3. The molecule has 0 spiro atoms. The normalized spacial score (nSPS) is 12.6. The molecule has 2 aromatic carbocycles. The molecule has 1 N–H and O–H groups in total. The van der Waals surface area contributed by atoms with E-state index in [9.17, 15) is 13.2 Å². The molecule has 1 amide bonds. The van der Waals surface area contributed by atoms with Crippen molar-refractivity contribution in [1.82, 2.24) is 5.32 Å². The van der Waals surface area contributed by atoms with Gasteiger partial charge in [-0.1, -0.05) is 50.2 Å². The topological polar surface area (TPSA) is 66.5 Å². The quantitative estimate of drug-likeness (QED) is 0.602. The van der Waals surface area contributed by atoms with E-state index in [1.54, 1.807) is 13.0 Å². The highest BCUT2D eigenvalue weighted by Crippen LogP contribution is 2.26. The molecule has 0 aliphatic rings. The first-order valence-corrected chi connectivity index (χ1v) is 12.3. The van der Waals surface area contributed by atoms with Crippen molar-refractivity contribution < 1.29 is 13.2 Å². The summed E-state index contributed by atoms with van der Waals surface area (Å²) in [6.07, 6.45) is 2.79. The predicted molar refractivity (Wildman–Crippen MR) is 125 cm³/mol. The molecule has 0 fully saturated rings. The van der Waals surface area contributed by atoms with Crippen LogP contribution < -0.4 is 9.62 Å². The summed E-state index contributed by atoms with van der Waals surface area (Å²) in [4.78, 5) is 12.7. The molecule has 1 unspecified atom stereocenters. The number of nitrogens with one attached hydrogen (secondary N) is 1. The molecule has 0 aromatic heterocycles.